The molecule has 3 aromatic rings. The van der Waals surface area contributed by atoms with E-state index in [4.69, 9.17) is 9.15 Å². The van der Waals surface area contributed by atoms with Crippen molar-refractivity contribution in [2.75, 3.05) is 6.26 Å². The molecule has 148 valence electrons. The molecule has 1 aromatic heterocycles. The number of aromatic nitrogens is 2. The van der Waals surface area contributed by atoms with Gasteiger partial charge in [-0.3, -0.25) is 10.1 Å². The molecule has 0 N–H and O–H groups in total. The van der Waals surface area contributed by atoms with Crippen LogP contribution >= 0.6 is 11.8 Å². The van der Waals surface area contributed by atoms with Crippen molar-refractivity contribution in [2.24, 2.45) is 0 Å². The minimum atomic E-state index is -0.745. The summed E-state index contributed by atoms with van der Waals surface area (Å²) in [5, 5.41) is 18.5. The normalized spacial score (nSPS) is 12.1. The molecule has 29 heavy (non-hydrogen) atoms. The number of carbonyl (C=O) groups is 1. The second-order valence-electron chi connectivity index (χ2n) is 5.94. The fourth-order valence-electron chi connectivity index (χ4n) is 2.38. The van der Waals surface area contributed by atoms with Crippen LogP contribution in [0.4, 0.5) is 5.69 Å². The van der Waals surface area contributed by atoms with E-state index in [1.807, 2.05) is 30.5 Å². The van der Waals surface area contributed by atoms with Gasteiger partial charge in [-0.15, -0.1) is 22.0 Å². The first-order valence-corrected chi connectivity index (χ1v) is 9.79. The lowest BCUT2D eigenvalue weighted by Gasteiger charge is -2.06. The van der Waals surface area contributed by atoms with Crippen molar-refractivity contribution in [3.8, 4) is 11.5 Å². The average Bonchev–Trinajstić information content (AvgIpc) is 3.23. The summed E-state index contributed by atoms with van der Waals surface area (Å²) in [6, 6.07) is 13.5. The van der Waals surface area contributed by atoms with Crippen LogP contribution in [-0.2, 0) is 9.53 Å². The van der Waals surface area contributed by atoms with Crippen LogP contribution in [0.1, 0.15) is 24.5 Å². The molecule has 1 atom stereocenters. The summed E-state index contributed by atoms with van der Waals surface area (Å²) in [6.07, 6.45) is 4.24. The van der Waals surface area contributed by atoms with Gasteiger partial charge in [-0.25, -0.2) is 4.79 Å². The fourth-order valence-corrected chi connectivity index (χ4v) is 2.79. The zero-order valence-corrected chi connectivity index (χ0v) is 16.5. The van der Waals surface area contributed by atoms with Gasteiger partial charge in [0.2, 0.25) is 5.89 Å². The Morgan fingerprint density at radius 3 is 2.48 bits per heavy atom. The SMILES string of the molecule is CSc1ccc(/C=C/C(=O)O[C@H](C)c2nnc(-c3ccc([N+](=O)[O-])cc3)o2)cc1. The minimum Gasteiger partial charge on any atom is -0.449 e. The third-order valence-electron chi connectivity index (χ3n) is 3.93. The summed E-state index contributed by atoms with van der Waals surface area (Å²) < 4.78 is 10.8. The lowest BCUT2D eigenvalue weighted by atomic mass is 10.2. The summed E-state index contributed by atoms with van der Waals surface area (Å²) in [4.78, 5) is 23.4. The lowest BCUT2D eigenvalue weighted by molar-refractivity contribution is -0.384. The van der Waals surface area contributed by atoms with E-state index in [9.17, 15) is 14.9 Å². The van der Waals surface area contributed by atoms with Gasteiger partial charge in [-0.05, 0) is 49.1 Å². The number of ether oxygens (including phenoxy) is 1. The Morgan fingerprint density at radius 2 is 1.86 bits per heavy atom. The van der Waals surface area contributed by atoms with Gasteiger partial charge >= 0.3 is 5.97 Å². The first kappa shape index (κ1) is 20.3. The highest BCUT2D eigenvalue weighted by atomic mass is 32.2. The largest absolute Gasteiger partial charge is 0.449 e. The van der Waals surface area contributed by atoms with Gasteiger partial charge in [-0.1, -0.05) is 12.1 Å². The van der Waals surface area contributed by atoms with Crippen molar-refractivity contribution in [3.05, 3.63) is 76.2 Å². The third kappa shape index (κ3) is 5.29. The molecule has 0 fully saturated rings. The number of hydrogen-bond donors (Lipinski definition) is 0. The highest BCUT2D eigenvalue weighted by molar-refractivity contribution is 7.98. The molecule has 9 heteroatoms. The number of nitro groups is 1. The van der Waals surface area contributed by atoms with E-state index in [1.54, 1.807) is 24.8 Å². The lowest BCUT2D eigenvalue weighted by Crippen LogP contribution is -2.06. The quantitative estimate of drug-likeness (QED) is 0.181. The number of thioether (sulfide) groups is 1. The maximum Gasteiger partial charge on any atom is 0.331 e. The van der Waals surface area contributed by atoms with E-state index in [0.29, 0.717) is 5.56 Å². The van der Waals surface area contributed by atoms with Crippen LogP contribution in [0.25, 0.3) is 17.5 Å². The summed E-state index contributed by atoms with van der Waals surface area (Å²) in [5.74, 6) is -0.229. The fraction of sp³-hybridized carbons (Fsp3) is 0.150. The van der Waals surface area contributed by atoms with Crippen LogP contribution in [0, 0.1) is 10.1 Å². The first-order chi connectivity index (χ1) is 14.0. The van der Waals surface area contributed by atoms with E-state index in [-0.39, 0.29) is 17.5 Å². The molecule has 8 nitrogen and oxygen atoms in total. The molecule has 0 bridgehead atoms. The Hall–Kier alpha value is -3.46. The average molecular weight is 411 g/mol. The summed E-state index contributed by atoms with van der Waals surface area (Å²) >= 11 is 1.64. The molecule has 0 spiro atoms. The highest BCUT2D eigenvalue weighted by Crippen LogP contribution is 2.24. The molecule has 0 aliphatic carbocycles. The Balaban J connectivity index is 1.61. The highest BCUT2D eigenvalue weighted by Gasteiger charge is 2.18. The Morgan fingerprint density at radius 1 is 1.17 bits per heavy atom. The van der Waals surface area contributed by atoms with Crippen LogP contribution in [0.15, 0.2) is 63.9 Å². The Kier molecular flexibility index (Phi) is 6.40. The Bertz CT molecular complexity index is 1030. The molecular weight excluding hydrogens is 394 g/mol. The number of rotatable bonds is 7. The number of esters is 1. The van der Waals surface area contributed by atoms with Crippen molar-refractivity contribution in [1.82, 2.24) is 10.2 Å². The second-order valence-corrected chi connectivity index (χ2v) is 6.81. The van der Waals surface area contributed by atoms with Crippen LogP contribution in [0.2, 0.25) is 0 Å². The van der Waals surface area contributed by atoms with E-state index in [2.05, 4.69) is 10.2 Å². The molecule has 0 amide bonds. The number of hydrogen-bond acceptors (Lipinski definition) is 8. The predicted molar refractivity (Wildman–Crippen MR) is 108 cm³/mol. The van der Waals surface area contributed by atoms with Gasteiger partial charge in [0.15, 0.2) is 6.10 Å². The van der Waals surface area contributed by atoms with Crippen LogP contribution in [0.5, 0.6) is 0 Å². The Labute approximate surface area is 170 Å². The van der Waals surface area contributed by atoms with E-state index in [0.717, 1.165) is 10.5 Å². The first-order valence-electron chi connectivity index (χ1n) is 8.57. The third-order valence-corrected chi connectivity index (χ3v) is 4.68. The number of nitro benzene ring substituents is 1. The van der Waals surface area contributed by atoms with Crippen molar-refractivity contribution in [2.45, 2.75) is 17.9 Å². The van der Waals surface area contributed by atoms with Crippen molar-refractivity contribution < 1.29 is 18.9 Å². The molecule has 0 aliphatic rings. The van der Waals surface area contributed by atoms with Crippen molar-refractivity contribution >= 4 is 29.5 Å². The molecule has 3 rings (SSSR count). The number of carbonyl (C=O) groups excluding carboxylic acids is 1. The maximum atomic E-state index is 12.0. The number of non-ortho nitro benzene ring substituents is 1. The van der Waals surface area contributed by atoms with Crippen LogP contribution < -0.4 is 0 Å². The standard InChI is InChI=1S/C20H17N3O5S/c1-13(27-18(24)12-5-14-3-10-17(29-2)11-4-14)19-21-22-20(28-19)15-6-8-16(9-7-15)23(25)26/h3-13H,1-2H3/b12-5+/t13-/m1/s1. The molecule has 0 saturated heterocycles. The molecule has 0 aliphatic heterocycles. The van der Waals surface area contributed by atoms with Gasteiger partial charge in [0.25, 0.3) is 11.6 Å². The second kappa shape index (κ2) is 9.16. The zero-order chi connectivity index (χ0) is 20.8. The monoisotopic (exact) mass is 411 g/mol. The minimum absolute atomic E-state index is 0.0364. The summed E-state index contributed by atoms with van der Waals surface area (Å²) in [7, 11) is 0. The number of nitrogens with zero attached hydrogens (tertiary/aromatic N) is 3. The van der Waals surface area contributed by atoms with Gasteiger partial charge in [0.1, 0.15) is 0 Å². The topological polar surface area (TPSA) is 108 Å². The molecular formula is C20H17N3O5S. The molecule has 0 unspecified atom stereocenters. The molecule has 2 aromatic carbocycles. The van der Waals surface area contributed by atoms with E-state index in [1.165, 1.54) is 30.3 Å². The summed E-state index contributed by atoms with van der Waals surface area (Å²) in [6.45, 7) is 1.62. The van der Waals surface area contributed by atoms with Gasteiger partial charge in [-0.2, -0.15) is 0 Å². The van der Waals surface area contributed by atoms with Gasteiger partial charge in [0.05, 0.1) is 4.92 Å². The van der Waals surface area contributed by atoms with E-state index < -0.39 is 17.0 Å². The van der Waals surface area contributed by atoms with Crippen LogP contribution in [0.3, 0.4) is 0 Å². The molecule has 0 saturated carbocycles. The number of benzene rings is 2. The maximum absolute atomic E-state index is 12.0. The van der Waals surface area contributed by atoms with Crippen LogP contribution in [-0.4, -0.2) is 27.3 Å². The molecule has 0 radical (unpaired) electrons. The zero-order valence-electron chi connectivity index (χ0n) is 15.6. The summed E-state index contributed by atoms with van der Waals surface area (Å²) in [5.41, 5.74) is 1.37. The van der Waals surface area contributed by atoms with Gasteiger partial charge < -0.3 is 9.15 Å². The predicted octanol–water partition coefficient (Wildman–Crippen LogP) is 4.68. The van der Waals surface area contributed by atoms with E-state index >= 15 is 0 Å². The van der Waals surface area contributed by atoms with Crippen molar-refractivity contribution in [3.63, 3.8) is 0 Å². The smallest absolute Gasteiger partial charge is 0.331 e. The molecule has 1 heterocycles. The van der Waals surface area contributed by atoms with Gasteiger partial charge in [0, 0.05) is 28.7 Å². The van der Waals surface area contributed by atoms with Crippen molar-refractivity contribution in [1.29, 1.82) is 0 Å².